The fraction of sp³-hybridized carbons (Fsp3) is 0.857. The molecule has 1 aliphatic heterocycles. The number of aromatic nitrogens is 3. The molecule has 6 nitrogen and oxygen atoms in total. The van der Waals surface area contributed by atoms with E-state index in [9.17, 15) is 0 Å². The second-order valence-electron chi connectivity index (χ2n) is 5.25. The molecule has 0 bridgehead atoms. The van der Waals surface area contributed by atoms with Crippen LogP contribution >= 0.6 is 0 Å². The maximum Gasteiger partial charge on any atom is 0.0964 e. The van der Waals surface area contributed by atoms with Crippen LogP contribution in [0.5, 0.6) is 0 Å². The Bertz CT molecular complexity index is 373. The van der Waals surface area contributed by atoms with Crippen LogP contribution in [0, 0.1) is 0 Å². The minimum atomic E-state index is 0.467. The van der Waals surface area contributed by atoms with Crippen LogP contribution in [-0.2, 0) is 17.8 Å². The molecule has 2 heterocycles. The van der Waals surface area contributed by atoms with Crippen LogP contribution < -0.4 is 5.32 Å². The van der Waals surface area contributed by atoms with Crippen LogP contribution in [-0.4, -0.2) is 58.8 Å². The van der Waals surface area contributed by atoms with E-state index in [4.69, 9.17) is 4.74 Å². The number of nitrogens with zero attached hydrogens (tertiary/aromatic N) is 4. The molecular weight excluding hydrogens is 254 g/mol. The zero-order valence-corrected chi connectivity index (χ0v) is 12.7. The van der Waals surface area contributed by atoms with E-state index in [0.717, 1.165) is 64.4 Å². The topological polar surface area (TPSA) is 55.2 Å². The molecule has 2 rings (SSSR count). The van der Waals surface area contributed by atoms with Gasteiger partial charge in [-0.1, -0.05) is 12.1 Å². The van der Waals surface area contributed by atoms with Crippen molar-refractivity contribution in [3.8, 4) is 0 Å². The lowest BCUT2D eigenvalue weighted by molar-refractivity contribution is 0.0134. The van der Waals surface area contributed by atoms with Gasteiger partial charge in [0.05, 0.1) is 18.3 Å². The number of nitrogens with one attached hydrogen (secondary N) is 1. The summed E-state index contributed by atoms with van der Waals surface area (Å²) in [5.41, 5.74) is 1.02. The Balaban J connectivity index is 1.66. The third-order valence-corrected chi connectivity index (χ3v) is 3.72. The third-order valence-electron chi connectivity index (χ3n) is 3.72. The highest BCUT2D eigenvalue weighted by Gasteiger charge is 2.18. The Morgan fingerprint density at radius 1 is 1.30 bits per heavy atom. The van der Waals surface area contributed by atoms with Crippen molar-refractivity contribution in [1.29, 1.82) is 0 Å². The monoisotopic (exact) mass is 281 g/mol. The molecule has 1 fully saturated rings. The average Bonchev–Trinajstić information content (AvgIpc) is 2.93. The minimum Gasteiger partial charge on any atom is -0.378 e. The Labute approximate surface area is 121 Å². The lowest BCUT2D eigenvalue weighted by Gasteiger charge is -2.31. The fourth-order valence-corrected chi connectivity index (χ4v) is 2.56. The summed E-state index contributed by atoms with van der Waals surface area (Å²) in [7, 11) is 0. The molecule has 0 aliphatic carbocycles. The van der Waals surface area contributed by atoms with Gasteiger partial charge in [0.2, 0.25) is 0 Å². The van der Waals surface area contributed by atoms with E-state index >= 15 is 0 Å². The Morgan fingerprint density at radius 3 is 2.80 bits per heavy atom. The first kappa shape index (κ1) is 15.4. The molecule has 0 amide bonds. The number of likely N-dealkylation sites (tertiary alicyclic amines) is 1. The predicted molar refractivity (Wildman–Crippen MR) is 78.5 cm³/mol. The van der Waals surface area contributed by atoms with Crippen LogP contribution in [0.3, 0.4) is 0 Å². The van der Waals surface area contributed by atoms with Crippen molar-refractivity contribution in [1.82, 2.24) is 25.2 Å². The van der Waals surface area contributed by atoms with E-state index in [1.165, 1.54) is 0 Å². The standard InChI is InChI=1S/C14H27N5O/c1-3-15-11-13-12-19(17-16-13)10-9-18-7-5-14(6-8-18)20-4-2/h12,14-15H,3-11H2,1-2H3. The van der Waals surface area contributed by atoms with E-state index in [2.05, 4.69) is 34.4 Å². The summed E-state index contributed by atoms with van der Waals surface area (Å²) in [6.45, 7) is 11.0. The van der Waals surface area contributed by atoms with Gasteiger partial charge >= 0.3 is 0 Å². The number of hydrogen-bond donors (Lipinski definition) is 1. The Kier molecular flexibility index (Phi) is 6.42. The molecule has 0 atom stereocenters. The van der Waals surface area contributed by atoms with E-state index in [1.54, 1.807) is 0 Å². The van der Waals surface area contributed by atoms with Crippen molar-refractivity contribution in [3.63, 3.8) is 0 Å². The highest BCUT2D eigenvalue weighted by molar-refractivity contribution is 4.91. The maximum absolute atomic E-state index is 5.67. The SMILES string of the molecule is CCNCc1cn(CCN2CCC(OCC)CC2)nn1. The molecule has 1 saturated heterocycles. The van der Waals surface area contributed by atoms with Gasteiger partial charge in [-0.15, -0.1) is 5.10 Å². The van der Waals surface area contributed by atoms with Gasteiger partial charge < -0.3 is 15.0 Å². The quantitative estimate of drug-likeness (QED) is 0.767. The molecule has 0 aromatic carbocycles. The summed E-state index contributed by atoms with van der Waals surface area (Å²) in [6, 6.07) is 0. The molecule has 114 valence electrons. The van der Waals surface area contributed by atoms with Gasteiger partial charge in [0, 0.05) is 39.0 Å². The van der Waals surface area contributed by atoms with Crippen LogP contribution in [0.25, 0.3) is 0 Å². The largest absolute Gasteiger partial charge is 0.378 e. The molecule has 1 aromatic rings. The van der Waals surface area contributed by atoms with E-state index in [0.29, 0.717) is 6.10 Å². The molecule has 20 heavy (non-hydrogen) atoms. The molecule has 0 radical (unpaired) electrons. The number of ether oxygens (including phenoxy) is 1. The van der Waals surface area contributed by atoms with Gasteiger partial charge in [-0.25, -0.2) is 0 Å². The van der Waals surface area contributed by atoms with Gasteiger partial charge in [-0.05, 0) is 26.3 Å². The summed E-state index contributed by atoms with van der Waals surface area (Å²) in [4.78, 5) is 2.49. The zero-order chi connectivity index (χ0) is 14.2. The number of hydrogen-bond acceptors (Lipinski definition) is 5. The molecule has 0 spiro atoms. The summed E-state index contributed by atoms with van der Waals surface area (Å²) >= 11 is 0. The molecule has 0 unspecified atom stereocenters. The zero-order valence-electron chi connectivity index (χ0n) is 12.7. The lowest BCUT2D eigenvalue weighted by Crippen LogP contribution is -2.38. The molecule has 1 aliphatic rings. The molecule has 0 saturated carbocycles. The molecule has 1 N–H and O–H groups in total. The second-order valence-corrected chi connectivity index (χ2v) is 5.25. The summed E-state index contributed by atoms with van der Waals surface area (Å²) in [6.07, 6.45) is 4.80. The van der Waals surface area contributed by atoms with E-state index in [-0.39, 0.29) is 0 Å². The van der Waals surface area contributed by atoms with Crippen molar-refractivity contribution in [2.24, 2.45) is 0 Å². The third kappa shape index (κ3) is 4.85. The van der Waals surface area contributed by atoms with Crippen LogP contribution in [0.1, 0.15) is 32.4 Å². The molecule has 1 aromatic heterocycles. The lowest BCUT2D eigenvalue weighted by atomic mass is 10.1. The highest BCUT2D eigenvalue weighted by atomic mass is 16.5. The van der Waals surface area contributed by atoms with Gasteiger partial charge in [0.25, 0.3) is 0 Å². The van der Waals surface area contributed by atoms with Crippen LogP contribution in [0.4, 0.5) is 0 Å². The second kappa shape index (κ2) is 8.34. The first-order chi connectivity index (χ1) is 9.81. The van der Waals surface area contributed by atoms with E-state index < -0.39 is 0 Å². The maximum atomic E-state index is 5.67. The Hall–Kier alpha value is -0.980. The van der Waals surface area contributed by atoms with Crippen LogP contribution in [0.15, 0.2) is 6.20 Å². The number of rotatable bonds is 8. The smallest absolute Gasteiger partial charge is 0.0964 e. The van der Waals surface area contributed by atoms with Gasteiger partial charge in [-0.2, -0.15) is 0 Å². The van der Waals surface area contributed by atoms with Crippen molar-refractivity contribution < 1.29 is 4.74 Å². The average molecular weight is 281 g/mol. The predicted octanol–water partition coefficient (Wildman–Crippen LogP) is 0.889. The summed E-state index contributed by atoms with van der Waals surface area (Å²) in [5, 5.41) is 11.6. The molecule has 6 heteroatoms. The van der Waals surface area contributed by atoms with Crippen molar-refractivity contribution in [3.05, 3.63) is 11.9 Å². The minimum absolute atomic E-state index is 0.467. The highest BCUT2D eigenvalue weighted by Crippen LogP contribution is 2.13. The van der Waals surface area contributed by atoms with Gasteiger partial charge in [-0.3, -0.25) is 4.68 Å². The first-order valence-corrected chi connectivity index (χ1v) is 7.75. The van der Waals surface area contributed by atoms with Gasteiger partial charge in [0.1, 0.15) is 0 Å². The van der Waals surface area contributed by atoms with Crippen molar-refractivity contribution >= 4 is 0 Å². The Morgan fingerprint density at radius 2 is 2.10 bits per heavy atom. The van der Waals surface area contributed by atoms with E-state index in [1.807, 2.05) is 10.9 Å². The van der Waals surface area contributed by atoms with Crippen LogP contribution in [0.2, 0.25) is 0 Å². The van der Waals surface area contributed by atoms with Crippen molar-refractivity contribution in [2.75, 3.05) is 32.8 Å². The normalized spacial score (nSPS) is 17.7. The van der Waals surface area contributed by atoms with Crippen molar-refractivity contribution in [2.45, 2.75) is 45.9 Å². The number of piperidine rings is 1. The fourth-order valence-electron chi connectivity index (χ4n) is 2.56. The summed E-state index contributed by atoms with van der Waals surface area (Å²) in [5.74, 6) is 0. The summed E-state index contributed by atoms with van der Waals surface area (Å²) < 4.78 is 7.62. The molecular formula is C14H27N5O. The van der Waals surface area contributed by atoms with Gasteiger partial charge in [0.15, 0.2) is 0 Å². The first-order valence-electron chi connectivity index (χ1n) is 7.75.